The molecular formula is C18H16BN7O3. The van der Waals surface area contributed by atoms with E-state index in [1.807, 2.05) is 6.07 Å². The van der Waals surface area contributed by atoms with Gasteiger partial charge < -0.3 is 21.1 Å². The minimum Gasteiger partial charge on any atom is -0.423 e. The predicted octanol–water partition coefficient (Wildman–Crippen LogP) is -0.399. The van der Waals surface area contributed by atoms with Gasteiger partial charge in [0.25, 0.3) is 5.95 Å². The number of carbonyl (C=O) groups excluding carboxylic acids is 1. The molecule has 0 aliphatic carbocycles. The molecule has 1 amide bonds. The SMILES string of the molecule is NC(=O)c1cccc2c1cnn2-c1nncc(NCc2cccc(B(O)O)c2)n1. The molecule has 0 saturated carbocycles. The lowest BCUT2D eigenvalue weighted by atomic mass is 9.80. The van der Waals surface area contributed by atoms with Crippen molar-refractivity contribution in [1.82, 2.24) is 25.0 Å². The van der Waals surface area contributed by atoms with Crippen LogP contribution in [0.5, 0.6) is 0 Å². The number of hydrogen-bond acceptors (Lipinski definition) is 8. The fraction of sp³-hybridized carbons (Fsp3) is 0.0556. The Morgan fingerprint density at radius 3 is 2.79 bits per heavy atom. The zero-order valence-corrected chi connectivity index (χ0v) is 15.1. The normalized spacial score (nSPS) is 10.8. The van der Waals surface area contributed by atoms with E-state index in [1.54, 1.807) is 36.4 Å². The van der Waals surface area contributed by atoms with Crippen LogP contribution in [0.1, 0.15) is 15.9 Å². The first-order valence-electron chi connectivity index (χ1n) is 8.68. The van der Waals surface area contributed by atoms with Gasteiger partial charge in [0.1, 0.15) is 0 Å². The smallest absolute Gasteiger partial charge is 0.423 e. The molecule has 4 aromatic rings. The maximum atomic E-state index is 11.6. The Labute approximate surface area is 165 Å². The number of benzene rings is 2. The molecule has 4 rings (SSSR count). The van der Waals surface area contributed by atoms with Crippen molar-refractivity contribution < 1.29 is 14.8 Å². The summed E-state index contributed by atoms with van der Waals surface area (Å²) in [5.74, 6) is 0.144. The van der Waals surface area contributed by atoms with Crippen molar-refractivity contribution in [2.75, 3.05) is 5.32 Å². The number of amides is 1. The van der Waals surface area contributed by atoms with E-state index in [-0.39, 0.29) is 5.95 Å². The number of primary amides is 1. The second-order valence-electron chi connectivity index (χ2n) is 6.27. The second kappa shape index (κ2) is 7.66. The summed E-state index contributed by atoms with van der Waals surface area (Å²) in [5.41, 5.74) is 7.65. The quantitative estimate of drug-likeness (QED) is 0.325. The molecule has 0 radical (unpaired) electrons. The van der Waals surface area contributed by atoms with E-state index in [9.17, 15) is 14.8 Å². The van der Waals surface area contributed by atoms with Gasteiger partial charge in [-0.3, -0.25) is 4.79 Å². The van der Waals surface area contributed by atoms with Crippen molar-refractivity contribution in [2.24, 2.45) is 5.73 Å². The first-order chi connectivity index (χ1) is 14.0. The summed E-state index contributed by atoms with van der Waals surface area (Å²) in [6, 6.07) is 12.0. The fourth-order valence-corrected chi connectivity index (χ4v) is 2.95. The Hall–Kier alpha value is -3.83. The van der Waals surface area contributed by atoms with E-state index in [0.717, 1.165) is 5.56 Å². The average molecular weight is 389 g/mol. The van der Waals surface area contributed by atoms with Crippen molar-refractivity contribution in [3.63, 3.8) is 0 Å². The first-order valence-corrected chi connectivity index (χ1v) is 8.68. The van der Waals surface area contributed by atoms with Crippen LogP contribution in [0.3, 0.4) is 0 Å². The second-order valence-corrected chi connectivity index (χ2v) is 6.27. The van der Waals surface area contributed by atoms with Gasteiger partial charge in [0.2, 0.25) is 5.91 Å². The lowest BCUT2D eigenvalue weighted by molar-refractivity contribution is 0.100. The third-order valence-corrected chi connectivity index (χ3v) is 4.34. The molecule has 0 aliphatic rings. The molecule has 0 bridgehead atoms. The number of aromatic nitrogens is 5. The minimum absolute atomic E-state index is 0.228. The van der Waals surface area contributed by atoms with Gasteiger partial charge in [-0.1, -0.05) is 30.3 Å². The maximum Gasteiger partial charge on any atom is 0.488 e. The zero-order valence-electron chi connectivity index (χ0n) is 15.1. The summed E-state index contributed by atoms with van der Waals surface area (Å²) in [6.45, 7) is 0.393. The molecule has 29 heavy (non-hydrogen) atoms. The third-order valence-electron chi connectivity index (χ3n) is 4.34. The molecule has 5 N–H and O–H groups in total. The highest BCUT2D eigenvalue weighted by molar-refractivity contribution is 6.58. The molecule has 0 spiro atoms. The molecule has 0 fully saturated rings. The largest absolute Gasteiger partial charge is 0.488 e. The van der Waals surface area contributed by atoms with Gasteiger partial charge in [0.05, 0.1) is 23.5 Å². The van der Waals surface area contributed by atoms with Crippen LogP contribution in [0.15, 0.2) is 54.9 Å². The highest BCUT2D eigenvalue weighted by Crippen LogP contribution is 2.20. The van der Waals surface area contributed by atoms with Gasteiger partial charge in [0.15, 0.2) is 5.82 Å². The summed E-state index contributed by atoms with van der Waals surface area (Å²) in [5, 5.41) is 34.5. The number of carbonyl (C=O) groups is 1. The number of hydrogen-bond donors (Lipinski definition) is 4. The third kappa shape index (κ3) is 3.77. The Bertz CT molecular complexity index is 1200. The van der Waals surface area contributed by atoms with Crippen LogP contribution < -0.4 is 16.5 Å². The average Bonchev–Trinajstić information content (AvgIpc) is 3.17. The van der Waals surface area contributed by atoms with Gasteiger partial charge in [0, 0.05) is 11.9 Å². The van der Waals surface area contributed by atoms with Crippen LogP contribution in [0.25, 0.3) is 16.9 Å². The van der Waals surface area contributed by atoms with Crippen molar-refractivity contribution in [3.8, 4) is 5.95 Å². The molecule has 0 aliphatic heterocycles. The Morgan fingerprint density at radius 2 is 2.00 bits per heavy atom. The van der Waals surface area contributed by atoms with Gasteiger partial charge in [-0.05, 0) is 23.2 Å². The predicted molar refractivity (Wildman–Crippen MR) is 107 cm³/mol. The molecule has 144 valence electrons. The number of rotatable bonds is 6. The number of nitrogens with zero attached hydrogens (tertiary/aromatic N) is 5. The standard InChI is InChI=1S/C18H16BN7O3/c20-17(27)13-5-2-6-15-14(13)9-23-26(15)18-24-16(10-22-25-18)21-8-11-3-1-4-12(7-11)19(28)29/h1-7,9-10,28-29H,8H2,(H2,20,27)(H,21,24,25). The van der Waals surface area contributed by atoms with E-state index in [2.05, 4.69) is 25.6 Å². The molecule has 2 aromatic carbocycles. The summed E-state index contributed by atoms with van der Waals surface area (Å²) < 4.78 is 1.47. The molecule has 10 nitrogen and oxygen atoms in total. The highest BCUT2D eigenvalue weighted by atomic mass is 16.4. The minimum atomic E-state index is -1.53. The van der Waals surface area contributed by atoms with Crippen molar-refractivity contribution in [3.05, 3.63) is 66.0 Å². The summed E-state index contributed by atoms with van der Waals surface area (Å²) in [7, 11) is -1.53. The van der Waals surface area contributed by atoms with E-state index < -0.39 is 13.0 Å². The number of anilines is 1. The van der Waals surface area contributed by atoms with Crippen LogP contribution in [-0.4, -0.2) is 48.0 Å². The van der Waals surface area contributed by atoms with Crippen molar-refractivity contribution in [1.29, 1.82) is 0 Å². The maximum absolute atomic E-state index is 11.6. The Morgan fingerprint density at radius 1 is 1.17 bits per heavy atom. The molecule has 11 heteroatoms. The number of nitrogens with two attached hydrogens (primary N) is 1. The summed E-state index contributed by atoms with van der Waals surface area (Å²) in [6.07, 6.45) is 3.00. The topological polar surface area (TPSA) is 152 Å². The Balaban J connectivity index is 1.60. The van der Waals surface area contributed by atoms with Crippen LogP contribution in [0.2, 0.25) is 0 Å². The van der Waals surface area contributed by atoms with Crippen LogP contribution >= 0.6 is 0 Å². The first kappa shape index (κ1) is 18.5. The highest BCUT2D eigenvalue weighted by Gasteiger charge is 2.14. The van der Waals surface area contributed by atoms with Gasteiger partial charge in [-0.25, -0.2) is 0 Å². The molecule has 2 aromatic heterocycles. The summed E-state index contributed by atoms with van der Waals surface area (Å²) >= 11 is 0. The van der Waals surface area contributed by atoms with Gasteiger partial charge in [-0.15, -0.1) is 5.10 Å². The molecule has 2 heterocycles. The van der Waals surface area contributed by atoms with Crippen LogP contribution in [-0.2, 0) is 6.54 Å². The summed E-state index contributed by atoms with van der Waals surface area (Å²) in [4.78, 5) is 16.0. The van der Waals surface area contributed by atoms with E-state index >= 15 is 0 Å². The molecule has 0 saturated heterocycles. The lowest BCUT2D eigenvalue weighted by Crippen LogP contribution is -2.30. The molecule has 0 unspecified atom stereocenters. The molecular weight excluding hydrogens is 373 g/mol. The van der Waals surface area contributed by atoms with E-state index in [1.165, 1.54) is 17.1 Å². The number of fused-ring (bicyclic) bond motifs is 1. The van der Waals surface area contributed by atoms with Crippen molar-refractivity contribution >= 4 is 35.2 Å². The zero-order chi connectivity index (χ0) is 20.4. The van der Waals surface area contributed by atoms with Crippen LogP contribution in [0, 0.1) is 0 Å². The Kier molecular flexibility index (Phi) is 4.89. The van der Waals surface area contributed by atoms with E-state index in [0.29, 0.717) is 34.3 Å². The molecule has 0 atom stereocenters. The van der Waals surface area contributed by atoms with Gasteiger partial charge >= 0.3 is 7.12 Å². The number of nitrogens with one attached hydrogen (secondary N) is 1. The van der Waals surface area contributed by atoms with Crippen LogP contribution in [0.4, 0.5) is 5.82 Å². The van der Waals surface area contributed by atoms with E-state index in [4.69, 9.17) is 5.73 Å². The monoisotopic (exact) mass is 389 g/mol. The fourth-order valence-electron chi connectivity index (χ4n) is 2.95. The van der Waals surface area contributed by atoms with Crippen molar-refractivity contribution in [2.45, 2.75) is 6.54 Å². The lowest BCUT2D eigenvalue weighted by Gasteiger charge is -2.08. The van der Waals surface area contributed by atoms with Gasteiger partial charge in [-0.2, -0.15) is 19.9 Å².